The van der Waals surface area contributed by atoms with Crippen LogP contribution >= 0.6 is 11.8 Å². The largest absolute Gasteiger partial charge is 0.494 e. The summed E-state index contributed by atoms with van der Waals surface area (Å²) in [6.45, 7) is 3.73. The van der Waals surface area contributed by atoms with Crippen molar-refractivity contribution in [2.75, 3.05) is 19.5 Å². The first-order valence-corrected chi connectivity index (χ1v) is 12.9. The van der Waals surface area contributed by atoms with Gasteiger partial charge >= 0.3 is 5.97 Å². The molecule has 0 unspecified atom stereocenters. The molecule has 1 amide bonds. The van der Waals surface area contributed by atoms with Crippen molar-refractivity contribution >= 4 is 40.8 Å². The molecule has 4 aromatic rings. The molecule has 1 heterocycles. The van der Waals surface area contributed by atoms with Crippen molar-refractivity contribution in [1.29, 1.82) is 0 Å². The average molecular weight is 547 g/mol. The summed E-state index contributed by atoms with van der Waals surface area (Å²) in [5, 5.41) is 4.83. The van der Waals surface area contributed by atoms with Crippen LogP contribution in [0.5, 0.6) is 17.2 Å². The van der Waals surface area contributed by atoms with E-state index in [9.17, 15) is 14.4 Å². The fraction of sp³-hybridized carbons (Fsp3) is 0.179. The van der Waals surface area contributed by atoms with Crippen LogP contribution in [-0.4, -0.2) is 47.1 Å². The maximum Gasteiger partial charge on any atom is 0.308 e. The Hall–Kier alpha value is -4.64. The zero-order chi connectivity index (χ0) is 27.8. The molecule has 0 fully saturated rings. The van der Waals surface area contributed by atoms with Crippen LogP contribution in [0, 0.1) is 0 Å². The second-order valence-corrected chi connectivity index (χ2v) is 9.01. The monoisotopic (exact) mass is 546 g/mol. The van der Waals surface area contributed by atoms with E-state index < -0.39 is 5.97 Å². The van der Waals surface area contributed by atoms with Gasteiger partial charge in [-0.2, -0.15) is 5.10 Å². The van der Waals surface area contributed by atoms with Crippen molar-refractivity contribution in [1.82, 2.24) is 15.0 Å². The molecular weight excluding hydrogens is 520 g/mol. The lowest BCUT2D eigenvalue weighted by Gasteiger charge is -2.13. The Labute approximate surface area is 228 Å². The van der Waals surface area contributed by atoms with Crippen LogP contribution < -0.4 is 25.2 Å². The van der Waals surface area contributed by atoms with Gasteiger partial charge in [-0.15, -0.1) is 0 Å². The summed E-state index contributed by atoms with van der Waals surface area (Å²) in [5.74, 6) is 0.435. The zero-order valence-electron chi connectivity index (χ0n) is 21.5. The van der Waals surface area contributed by atoms with E-state index in [0.717, 1.165) is 11.8 Å². The third kappa shape index (κ3) is 6.82. The number of hydrogen-bond acceptors (Lipinski definition) is 9. The highest BCUT2D eigenvalue weighted by Gasteiger charge is 2.15. The number of thioether (sulfide) groups is 1. The second kappa shape index (κ2) is 12.7. The Morgan fingerprint density at radius 3 is 2.56 bits per heavy atom. The molecule has 11 heteroatoms. The molecular formula is C28H26N4O6S. The Morgan fingerprint density at radius 1 is 1.08 bits per heavy atom. The minimum atomic E-state index is -0.465. The number of fused-ring (bicyclic) bond motifs is 1. The number of aromatic nitrogens is 2. The van der Waals surface area contributed by atoms with Gasteiger partial charge in [-0.05, 0) is 67.1 Å². The lowest BCUT2D eigenvalue weighted by molar-refractivity contribution is -0.132. The topological polar surface area (TPSA) is 121 Å². The maximum absolute atomic E-state index is 13.4. The van der Waals surface area contributed by atoms with Crippen molar-refractivity contribution in [3.8, 4) is 22.9 Å². The lowest BCUT2D eigenvalue weighted by Crippen LogP contribution is -2.24. The molecule has 3 aromatic carbocycles. The summed E-state index contributed by atoms with van der Waals surface area (Å²) in [6.07, 6.45) is 1.44. The van der Waals surface area contributed by atoms with Crippen LogP contribution in [0.15, 0.2) is 81.8 Å². The highest BCUT2D eigenvalue weighted by Crippen LogP contribution is 2.27. The van der Waals surface area contributed by atoms with Gasteiger partial charge < -0.3 is 14.2 Å². The highest BCUT2D eigenvalue weighted by molar-refractivity contribution is 7.99. The summed E-state index contributed by atoms with van der Waals surface area (Å²) < 4.78 is 17.3. The summed E-state index contributed by atoms with van der Waals surface area (Å²) in [4.78, 5) is 41.8. The van der Waals surface area contributed by atoms with E-state index in [1.807, 2.05) is 6.92 Å². The van der Waals surface area contributed by atoms with Gasteiger partial charge in [0.2, 0.25) is 0 Å². The predicted molar refractivity (Wildman–Crippen MR) is 149 cm³/mol. The first-order valence-electron chi connectivity index (χ1n) is 12.0. The van der Waals surface area contributed by atoms with Crippen LogP contribution in [0.1, 0.15) is 19.4 Å². The highest BCUT2D eigenvalue weighted by atomic mass is 32.2. The van der Waals surface area contributed by atoms with E-state index in [1.54, 1.807) is 66.7 Å². The van der Waals surface area contributed by atoms with E-state index in [4.69, 9.17) is 14.2 Å². The van der Waals surface area contributed by atoms with Gasteiger partial charge in [0.1, 0.15) is 5.75 Å². The number of para-hydroxylation sites is 1. The third-order valence-electron chi connectivity index (χ3n) is 5.33. The van der Waals surface area contributed by atoms with Crippen LogP contribution in [-0.2, 0) is 9.59 Å². The zero-order valence-corrected chi connectivity index (χ0v) is 22.4. The summed E-state index contributed by atoms with van der Waals surface area (Å²) in [7, 11) is 1.45. The van der Waals surface area contributed by atoms with E-state index in [-0.39, 0.29) is 23.0 Å². The molecule has 0 aliphatic heterocycles. The molecule has 0 spiro atoms. The average Bonchev–Trinajstić information content (AvgIpc) is 2.93. The predicted octanol–water partition coefficient (Wildman–Crippen LogP) is 3.96. The van der Waals surface area contributed by atoms with Crippen molar-refractivity contribution in [2.45, 2.75) is 19.0 Å². The Bertz CT molecular complexity index is 1580. The molecule has 1 N–H and O–H groups in total. The molecule has 10 nitrogen and oxygen atoms in total. The molecule has 0 saturated heterocycles. The minimum absolute atomic E-state index is 0.0339. The van der Waals surface area contributed by atoms with E-state index in [1.165, 1.54) is 24.8 Å². The number of hydrogen-bond donors (Lipinski definition) is 1. The van der Waals surface area contributed by atoms with E-state index in [2.05, 4.69) is 15.5 Å². The molecule has 4 rings (SSSR count). The Kier molecular flexibility index (Phi) is 8.95. The number of esters is 1. The number of benzene rings is 3. The fourth-order valence-corrected chi connectivity index (χ4v) is 4.44. The molecule has 1 aromatic heterocycles. The number of ether oxygens (including phenoxy) is 3. The number of hydrazone groups is 1. The lowest BCUT2D eigenvalue weighted by atomic mass is 10.2. The molecule has 200 valence electrons. The van der Waals surface area contributed by atoms with Gasteiger partial charge in [-0.25, -0.2) is 10.4 Å². The second-order valence-electron chi connectivity index (χ2n) is 8.06. The van der Waals surface area contributed by atoms with E-state index in [0.29, 0.717) is 45.4 Å². The molecule has 0 bridgehead atoms. The number of methoxy groups -OCH3 is 1. The molecule has 0 aliphatic carbocycles. The first-order chi connectivity index (χ1) is 18.9. The molecule has 0 radical (unpaired) electrons. The van der Waals surface area contributed by atoms with Crippen LogP contribution in [0.3, 0.4) is 0 Å². The number of carbonyl (C=O) groups excluding carboxylic acids is 2. The van der Waals surface area contributed by atoms with Gasteiger partial charge in [-0.1, -0.05) is 23.9 Å². The van der Waals surface area contributed by atoms with Crippen molar-refractivity contribution in [3.05, 3.63) is 82.6 Å². The first kappa shape index (κ1) is 27.4. The minimum Gasteiger partial charge on any atom is -0.494 e. The SMILES string of the molecule is CCOc1ccc(-n2c(SCC(=O)NN=Cc3ccc(OC(C)=O)c(OC)c3)nc3ccccc3c2=O)cc1. The Balaban J connectivity index is 1.50. The van der Waals surface area contributed by atoms with Gasteiger partial charge in [-0.3, -0.25) is 19.0 Å². The van der Waals surface area contributed by atoms with Crippen LogP contribution in [0.2, 0.25) is 0 Å². The van der Waals surface area contributed by atoms with E-state index >= 15 is 0 Å². The smallest absolute Gasteiger partial charge is 0.308 e. The normalized spacial score (nSPS) is 10.9. The van der Waals surface area contributed by atoms with Crippen molar-refractivity contribution in [3.63, 3.8) is 0 Å². The number of nitrogens with one attached hydrogen (secondary N) is 1. The van der Waals surface area contributed by atoms with Crippen LogP contribution in [0.25, 0.3) is 16.6 Å². The van der Waals surface area contributed by atoms with Gasteiger partial charge in [0.05, 0.1) is 42.3 Å². The molecule has 39 heavy (non-hydrogen) atoms. The van der Waals surface area contributed by atoms with Crippen molar-refractivity contribution in [2.24, 2.45) is 5.10 Å². The van der Waals surface area contributed by atoms with Gasteiger partial charge in [0.25, 0.3) is 11.5 Å². The third-order valence-corrected chi connectivity index (χ3v) is 6.27. The summed E-state index contributed by atoms with van der Waals surface area (Å²) in [6, 6.07) is 19.0. The van der Waals surface area contributed by atoms with Crippen molar-refractivity contribution < 1.29 is 23.8 Å². The van der Waals surface area contributed by atoms with Gasteiger partial charge in [0, 0.05) is 6.92 Å². The molecule has 0 saturated carbocycles. The number of nitrogens with zero attached hydrogens (tertiary/aromatic N) is 3. The summed E-state index contributed by atoms with van der Waals surface area (Å²) in [5.41, 5.74) is 4.00. The number of amides is 1. The Morgan fingerprint density at radius 2 is 1.85 bits per heavy atom. The standard InChI is InChI=1S/C28H26N4O6S/c1-4-37-21-12-10-20(11-13-21)32-27(35)22-7-5-6-8-23(22)30-28(32)39-17-26(34)31-29-16-19-9-14-24(38-18(2)33)25(15-19)36-3/h5-16H,4,17H2,1-3H3,(H,31,34). The number of rotatable bonds is 10. The maximum atomic E-state index is 13.4. The molecule has 0 aliphatic rings. The molecule has 0 atom stereocenters. The number of carbonyl (C=O) groups is 2. The summed E-state index contributed by atoms with van der Waals surface area (Å²) >= 11 is 1.12. The van der Waals surface area contributed by atoms with Gasteiger partial charge in [0.15, 0.2) is 16.7 Å². The fourth-order valence-electron chi connectivity index (χ4n) is 3.64. The quantitative estimate of drug-likeness (QED) is 0.0793. The van der Waals surface area contributed by atoms with Crippen LogP contribution in [0.4, 0.5) is 0 Å².